The van der Waals surface area contributed by atoms with Gasteiger partial charge in [-0.05, 0) is 77.0 Å². The average Bonchev–Trinajstić information content (AvgIpc) is 3.22. The molecule has 1 amide bonds. The second-order valence-electron chi connectivity index (χ2n) is 17.1. The van der Waals surface area contributed by atoms with Gasteiger partial charge in [-0.15, -0.1) is 0 Å². The Morgan fingerprint density at radius 2 is 0.879 bits per heavy atom. The first-order valence-electron chi connectivity index (χ1n) is 25.2. The zero-order chi connectivity index (χ0) is 42.3. The molecular weight excluding hydrogens is 719 g/mol. The Kier molecular flexibility index (Phi) is 46.2. The maximum atomic E-state index is 12.4. The third-order valence-corrected chi connectivity index (χ3v) is 11.4. The van der Waals surface area contributed by atoms with Crippen LogP contribution in [0.3, 0.4) is 0 Å². The van der Waals surface area contributed by atoms with Crippen LogP contribution in [-0.4, -0.2) is 47.4 Å². The van der Waals surface area contributed by atoms with Crippen LogP contribution in [0.25, 0.3) is 0 Å². The first kappa shape index (κ1) is 56.1. The first-order valence-corrected chi connectivity index (χ1v) is 25.2. The number of hydrogen-bond donors (Lipinski definition) is 3. The molecule has 2 unspecified atom stereocenters. The van der Waals surface area contributed by atoms with E-state index in [4.69, 9.17) is 4.74 Å². The molecule has 0 fully saturated rings. The van der Waals surface area contributed by atoms with Crippen LogP contribution in [0, 0.1) is 0 Å². The third kappa shape index (κ3) is 43.7. The summed E-state index contributed by atoms with van der Waals surface area (Å²) in [6, 6.07) is -0.579. The molecular formula is C52H97NO5. The van der Waals surface area contributed by atoms with E-state index in [9.17, 15) is 19.8 Å². The molecule has 340 valence electrons. The van der Waals surface area contributed by atoms with Crippen molar-refractivity contribution in [3.05, 3.63) is 36.5 Å². The quantitative estimate of drug-likeness (QED) is 0.0323. The summed E-state index contributed by atoms with van der Waals surface area (Å²) in [6.07, 6.45) is 56.9. The fourth-order valence-corrected chi connectivity index (χ4v) is 7.49. The van der Waals surface area contributed by atoms with Crippen LogP contribution in [0.1, 0.15) is 258 Å². The predicted molar refractivity (Wildman–Crippen MR) is 250 cm³/mol. The van der Waals surface area contributed by atoms with Gasteiger partial charge in [0.25, 0.3) is 0 Å². The van der Waals surface area contributed by atoms with E-state index in [0.717, 1.165) is 77.0 Å². The minimum Gasteiger partial charge on any atom is -0.466 e. The molecule has 58 heavy (non-hydrogen) atoms. The van der Waals surface area contributed by atoms with E-state index in [1.807, 2.05) is 0 Å². The predicted octanol–water partition coefficient (Wildman–Crippen LogP) is 14.9. The number of ether oxygens (including phenoxy) is 1. The lowest BCUT2D eigenvalue weighted by molar-refractivity contribution is -0.143. The van der Waals surface area contributed by atoms with Crippen molar-refractivity contribution in [3.8, 4) is 0 Å². The molecule has 0 spiro atoms. The molecule has 6 nitrogen and oxygen atoms in total. The Morgan fingerprint density at radius 1 is 0.483 bits per heavy atom. The number of aliphatic hydroxyl groups excluding tert-OH is 2. The molecule has 0 rings (SSSR count). The van der Waals surface area contributed by atoms with E-state index in [2.05, 4.69) is 55.6 Å². The molecule has 0 aromatic carbocycles. The molecule has 0 radical (unpaired) electrons. The number of aliphatic hydroxyl groups is 2. The maximum absolute atomic E-state index is 12.4. The Morgan fingerprint density at radius 3 is 1.40 bits per heavy atom. The number of nitrogens with one attached hydrogen (secondary N) is 1. The summed E-state index contributed by atoms with van der Waals surface area (Å²) in [6.45, 7) is 4.83. The number of rotatable bonds is 46. The van der Waals surface area contributed by atoms with Crippen molar-refractivity contribution in [3.63, 3.8) is 0 Å². The Balaban J connectivity index is 3.53. The Labute approximate surface area is 360 Å². The van der Waals surface area contributed by atoms with Crippen LogP contribution in [0.15, 0.2) is 36.5 Å². The molecule has 6 heteroatoms. The van der Waals surface area contributed by atoms with Crippen LogP contribution in [0.4, 0.5) is 0 Å². The number of carbonyl (C=O) groups excluding carboxylic acids is 2. The minimum atomic E-state index is -0.695. The van der Waals surface area contributed by atoms with E-state index in [1.54, 1.807) is 0 Å². The van der Waals surface area contributed by atoms with Crippen molar-refractivity contribution in [2.75, 3.05) is 13.2 Å². The summed E-state index contributed by atoms with van der Waals surface area (Å²) < 4.78 is 5.45. The molecule has 0 aliphatic heterocycles. The van der Waals surface area contributed by atoms with Gasteiger partial charge in [-0.3, -0.25) is 9.59 Å². The lowest BCUT2D eigenvalue weighted by Crippen LogP contribution is -2.45. The number of esters is 1. The van der Waals surface area contributed by atoms with Gasteiger partial charge in [-0.1, -0.05) is 204 Å². The summed E-state index contributed by atoms with van der Waals surface area (Å²) in [5.41, 5.74) is 0. The minimum absolute atomic E-state index is 0.0401. The zero-order valence-electron chi connectivity index (χ0n) is 38.5. The lowest BCUT2D eigenvalue weighted by Gasteiger charge is -2.22. The fraction of sp³-hybridized carbons (Fsp3) is 0.846. The highest BCUT2D eigenvalue weighted by Gasteiger charge is 2.20. The number of hydrogen-bond acceptors (Lipinski definition) is 5. The van der Waals surface area contributed by atoms with E-state index >= 15 is 0 Å². The van der Waals surface area contributed by atoms with Gasteiger partial charge in [-0.25, -0.2) is 0 Å². The normalized spacial score (nSPS) is 13.0. The highest BCUT2D eigenvalue weighted by atomic mass is 16.5. The average molecular weight is 816 g/mol. The summed E-state index contributed by atoms with van der Waals surface area (Å²) in [4.78, 5) is 24.5. The second kappa shape index (κ2) is 47.8. The molecule has 0 aromatic heterocycles. The summed E-state index contributed by atoms with van der Waals surface area (Å²) in [5, 5.41) is 23.1. The fourth-order valence-electron chi connectivity index (χ4n) is 7.49. The molecule has 0 saturated carbocycles. The van der Waals surface area contributed by atoms with E-state index in [0.29, 0.717) is 25.9 Å². The molecule has 0 aromatic rings. The van der Waals surface area contributed by atoms with Crippen molar-refractivity contribution >= 4 is 11.9 Å². The lowest BCUT2D eigenvalue weighted by atomic mass is 10.0. The van der Waals surface area contributed by atoms with Gasteiger partial charge < -0.3 is 20.3 Å². The molecule has 0 aliphatic carbocycles. The highest BCUT2D eigenvalue weighted by molar-refractivity contribution is 5.76. The summed E-state index contributed by atoms with van der Waals surface area (Å²) in [5.74, 6) is -0.137. The zero-order valence-corrected chi connectivity index (χ0v) is 38.5. The monoisotopic (exact) mass is 816 g/mol. The van der Waals surface area contributed by atoms with Gasteiger partial charge in [0.05, 0.1) is 25.4 Å². The van der Waals surface area contributed by atoms with E-state index in [1.165, 1.54) is 148 Å². The van der Waals surface area contributed by atoms with Crippen LogP contribution in [0.5, 0.6) is 0 Å². The smallest absolute Gasteiger partial charge is 0.305 e. The van der Waals surface area contributed by atoms with Gasteiger partial charge in [-0.2, -0.15) is 0 Å². The SMILES string of the molecule is CCCCC/C=C\C/C=C\CCCCCCCCCCCC(=O)OCCCCCC/C=C\CCCC(=O)NC(CO)C(O)CCCCCCCCCCCCCCC. The molecule has 3 N–H and O–H groups in total. The standard InChI is InChI=1S/C52H97NO5/c1-3-5-7-9-11-13-15-17-18-19-20-21-22-24-26-30-34-38-42-46-52(57)58-47-43-39-35-31-27-29-33-37-41-45-51(56)53-49(48-54)50(55)44-40-36-32-28-25-23-16-14-12-10-8-6-4-2/h11,13,17-18,29,33,49-50,54-55H,3-10,12,14-16,19-28,30-32,34-48H2,1-2H3,(H,53,56)/b13-11-,18-17-,33-29-. The van der Waals surface area contributed by atoms with Gasteiger partial charge in [0.1, 0.15) is 0 Å². The van der Waals surface area contributed by atoms with Gasteiger partial charge in [0.2, 0.25) is 5.91 Å². The van der Waals surface area contributed by atoms with Crippen molar-refractivity contribution in [1.29, 1.82) is 0 Å². The van der Waals surface area contributed by atoms with Crippen molar-refractivity contribution in [2.24, 2.45) is 0 Å². The van der Waals surface area contributed by atoms with E-state index < -0.39 is 12.1 Å². The van der Waals surface area contributed by atoms with Gasteiger partial charge >= 0.3 is 5.97 Å². The van der Waals surface area contributed by atoms with Crippen molar-refractivity contribution < 1.29 is 24.5 Å². The van der Waals surface area contributed by atoms with Crippen molar-refractivity contribution in [2.45, 2.75) is 270 Å². The van der Waals surface area contributed by atoms with Gasteiger partial charge in [0, 0.05) is 12.8 Å². The topological polar surface area (TPSA) is 95.9 Å². The molecule has 0 saturated heterocycles. The number of amides is 1. The molecule has 0 bridgehead atoms. The third-order valence-electron chi connectivity index (χ3n) is 11.4. The second-order valence-corrected chi connectivity index (χ2v) is 17.1. The molecule has 0 heterocycles. The van der Waals surface area contributed by atoms with Gasteiger partial charge in [0.15, 0.2) is 0 Å². The number of carbonyl (C=O) groups is 2. The first-order chi connectivity index (χ1) is 28.5. The van der Waals surface area contributed by atoms with Crippen LogP contribution >= 0.6 is 0 Å². The maximum Gasteiger partial charge on any atom is 0.305 e. The largest absolute Gasteiger partial charge is 0.466 e. The number of allylic oxidation sites excluding steroid dienone is 6. The summed E-state index contributed by atoms with van der Waals surface area (Å²) >= 11 is 0. The Bertz CT molecular complexity index is 946. The van der Waals surface area contributed by atoms with E-state index in [-0.39, 0.29) is 18.5 Å². The van der Waals surface area contributed by atoms with Crippen molar-refractivity contribution in [1.82, 2.24) is 5.32 Å². The van der Waals surface area contributed by atoms with Crippen LogP contribution in [-0.2, 0) is 14.3 Å². The van der Waals surface area contributed by atoms with Crippen LogP contribution in [0.2, 0.25) is 0 Å². The summed E-state index contributed by atoms with van der Waals surface area (Å²) in [7, 11) is 0. The van der Waals surface area contributed by atoms with Crippen LogP contribution < -0.4 is 5.32 Å². The molecule has 2 atom stereocenters. The Hall–Kier alpha value is -1.92. The molecule has 0 aliphatic rings. The number of unbranched alkanes of at least 4 members (excludes halogenated alkanes) is 29. The highest BCUT2D eigenvalue weighted by Crippen LogP contribution is 2.15.